The fourth-order valence-electron chi connectivity index (χ4n) is 17.7. The molecule has 0 radical (unpaired) electrons. The van der Waals surface area contributed by atoms with Gasteiger partial charge in [0, 0.05) is 41.5 Å². The molecule has 650 valence electrons. The van der Waals surface area contributed by atoms with Crippen LogP contribution in [0.3, 0.4) is 0 Å². The topological polar surface area (TPSA) is 87.2 Å². The normalized spacial score (nSPS) is 19.5. The van der Waals surface area contributed by atoms with Crippen molar-refractivity contribution in [2.24, 2.45) is 25.0 Å². The van der Waals surface area contributed by atoms with Crippen molar-refractivity contribution >= 4 is 107 Å². The number of para-hydroxylation sites is 1. The van der Waals surface area contributed by atoms with Gasteiger partial charge in [0.15, 0.2) is 0 Å². The van der Waals surface area contributed by atoms with Gasteiger partial charge in [-0.25, -0.2) is 0 Å². The van der Waals surface area contributed by atoms with Crippen molar-refractivity contribution in [3.63, 3.8) is 0 Å². The van der Waals surface area contributed by atoms with E-state index in [1.807, 2.05) is 36.4 Å². The summed E-state index contributed by atoms with van der Waals surface area (Å²) in [4.78, 5) is 37.7. The lowest BCUT2D eigenvalue weighted by Crippen LogP contribution is -2.35. The first-order valence-corrected chi connectivity index (χ1v) is 46.9. The fourth-order valence-corrected chi connectivity index (χ4v) is 18.5. The van der Waals surface area contributed by atoms with Crippen LogP contribution in [-0.2, 0) is 0 Å². The van der Waals surface area contributed by atoms with E-state index >= 15 is 0 Å². The highest BCUT2D eigenvalue weighted by atomic mass is 127. The predicted molar refractivity (Wildman–Crippen MR) is 558 cm³/mol. The monoisotopic (exact) mass is 1900 g/mol. The molecule has 0 saturated carbocycles. The van der Waals surface area contributed by atoms with Crippen LogP contribution < -0.4 is 29.2 Å². The molecule has 10 atom stereocenters. The van der Waals surface area contributed by atoms with Crippen LogP contribution in [0.5, 0.6) is 5.75 Å². The van der Waals surface area contributed by atoms with E-state index in [9.17, 15) is 0 Å². The molecule has 15 aromatic carbocycles. The van der Waals surface area contributed by atoms with E-state index in [0.717, 1.165) is 55.2 Å². The minimum Gasteiger partial charge on any atom is -0.497 e. The number of nitrogens with zero attached hydrogens (tertiary/aromatic N) is 10. The standard InChI is InChI=1S/C24H24N2O.C23H21BrN2.C23H21ClN2.C23H21IN2.C23H22N2/c1-17-9-11-19(12-10-17)23-18(2)26(21-13-15-22(27-3)16-14-21)24(25-23)20-7-5-4-6-8-20;3*1-16-8-10-18(11-9-16)22-17(2)26(21-14-12-20(24)13-15-21)23(25-22)19-6-4-3-5-7-19;1-17-13-15-19(16-14-17)22-18(2)25(21-11-7-4-8-12-21)23(24-22)20-9-5-3-6-10-20/h4-16,18,24H,1-3H3;3*3-15,17,23H,1-2H3;3-16,18,23H,1-2H3. The van der Waals surface area contributed by atoms with Crippen LogP contribution in [-0.4, -0.2) is 65.9 Å². The molecule has 10 unspecified atom stereocenters. The number of halogens is 3. The van der Waals surface area contributed by atoms with Gasteiger partial charge < -0.3 is 29.2 Å². The van der Waals surface area contributed by atoms with Crippen molar-refractivity contribution in [2.75, 3.05) is 31.6 Å². The van der Waals surface area contributed by atoms with Gasteiger partial charge in [-0.2, -0.15) is 0 Å². The van der Waals surface area contributed by atoms with Gasteiger partial charge >= 0.3 is 0 Å². The molecule has 0 saturated heterocycles. The lowest BCUT2D eigenvalue weighted by molar-refractivity contribution is 0.414. The van der Waals surface area contributed by atoms with Gasteiger partial charge in [-0.15, -0.1) is 0 Å². The summed E-state index contributed by atoms with van der Waals surface area (Å²) in [6.07, 6.45) is -0.0734. The van der Waals surface area contributed by atoms with Gasteiger partial charge in [-0.05, 0) is 257 Å². The second-order valence-corrected chi connectivity index (χ2v) is 36.3. The highest BCUT2D eigenvalue weighted by Gasteiger charge is 2.41. The number of anilines is 5. The lowest BCUT2D eigenvalue weighted by atomic mass is 10.0. The Morgan fingerprint density at radius 2 is 0.438 bits per heavy atom. The third-order valence-corrected chi connectivity index (χ3v) is 26.2. The molecule has 5 aliphatic heterocycles. The smallest absolute Gasteiger partial charge is 0.148 e. The van der Waals surface area contributed by atoms with Crippen molar-refractivity contribution in [3.05, 3.63) is 497 Å². The Hall–Kier alpha value is -13.1. The Balaban J connectivity index is 0.000000119. The number of aryl methyl sites for hydroxylation is 5. The molecule has 14 heteroatoms. The number of aliphatic imine (C=N–C) groups is 5. The van der Waals surface area contributed by atoms with E-state index in [1.54, 1.807) is 7.11 Å². The minimum absolute atomic E-state index is 0.00237. The Kier molecular flexibility index (Phi) is 29.2. The minimum atomic E-state index is -0.0383. The van der Waals surface area contributed by atoms with Gasteiger partial charge in [-0.1, -0.05) is 347 Å². The molecule has 0 aromatic heterocycles. The molecule has 130 heavy (non-hydrogen) atoms. The van der Waals surface area contributed by atoms with E-state index in [2.05, 4.69) is 496 Å². The summed E-state index contributed by atoms with van der Waals surface area (Å²) in [6.45, 7) is 21.8. The Morgan fingerprint density at radius 3 is 0.662 bits per heavy atom. The summed E-state index contributed by atoms with van der Waals surface area (Å²) in [5.74, 6) is 0.863. The highest BCUT2D eigenvalue weighted by molar-refractivity contribution is 14.1. The molecule has 0 aliphatic carbocycles. The fraction of sp³-hybridized carbons (Fsp3) is 0.181. The summed E-state index contributed by atoms with van der Waals surface area (Å²) < 4.78 is 7.66. The van der Waals surface area contributed by atoms with E-state index in [0.29, 0.717) is 0 Å². The number of hydrogen-bond acceptors (Lipinski definition) is 11. The molecule has 0 spiro atoms. The van der Waals surface area contributed by atoms with Crippen molar-refractivity contribution in [2.45, 2.75) is 130 Å². The second kappa shape index (κ2) is 42.0. The van der Waals surface area contributed by atoms with Gasteiger partial charge in [0.1, 0.15) is 36.6 Å². The van der Waals surface area contributed by atoms with Crippen molar-refractivity contribution in [3.8, 4) is 5.75 Å². The average molecular weight is 1900 g/mol. The van der Waals surface area contributed by atoms with E-state index in [-0.39, 0.29) is 61.0 Å². The predicted octanol–water partition coefficient (Wildman–Crippen LogP) is 29.0. The third kappa shape index (κ3) is 20.9. The van der Waals surface area contributed by atoms with Gasteiger partial charge in [-0.3, -0.25) is 25.0 Å². The molecular weight excluding hydrogens is 1790 g/mol. The van der Waals surface area contributed by atoms with Crippen LogP contribution in [0.1, 0.15) is 149 Å². The molecule has 15 aromatic rings. The molecule has 5 aliphatic rings. The van der Waals surface area contributed by atoms with Crippen LogP contribution >= 0.6 is 50.1 Å². The lowest BCUT2D eigenvalue weighted by Gasteiger charge is -2.30. The molecule has 11 nitrogen and oxygen atoms in total. The number of methoxy groups -OCH3 is 1. The summed E-state index contributed by atoms with van der Waals surface area (Å²) in [7, 11) is 1.69. The molecule has 0 fully saturated rings. The van der Waals surface area contributed by atoms with Crippen LogP contribution in [0, 0.1) is 38.2 Å². The SMILES string of the molecule is COc1ccc(N2C(C)C(c3ccc(C)cc3)=NC2c2ccccc2)cc1.Cc1ccc(C2=NC(c3ccccc3)N(c3ccc(Br)cc3)C2C)cc1.Cc1ccc(C2=NC(c3ccccc3)N(c3ccc(Cl)cc3)C2C)cc1.Cc1ccc(C2=NC(c3ccccc3)N(c3ccc(I)cc3)C2C)cc1.Cc1ccc(C2=NC(c3ccccc3)N(c3ccccc3)C2C)cc1. The highest BCUT2D eigenvalue weighted by Crippen LogP contribution is 2.44. The first-order valence-electron chi connectivity index (χ1n) is 44.7. The Morgan fingerprint density at radius 1 is 0.246 bits per heavy atom. The van der Waals surface area contributed by atoms with Crippen LogP contribution in [0.2, 0.25) is 5.02 Å². The average Bonchev–Trinajstić information content (AvgIpc) is 1.64. The quantitative estimate of drug-likeness (QED) is 0.0896. The zero-order valence-electron chi connectivity index (χ0n) is 75.4. The molecule has 0 N–H and O–H groups in total. The summed E-state index contributed by atoms with van der Waals surface area (Å²) in [5, 5.41) is 0.747. The van der Waals surface area contributed by atoms with E-state index in [1.165, 1.54) is 104 Å². The van der Waals surface area contributed by atoms with Crippen molar-refractivity contribution in [1.82, 2.24) is 0 Å². The van der Waals surface area contributed by atoms with Gasteiger partial charge in [0.25, 0.3) is 0 Å². The zero-order valence-corrected chi connectivity index (χ0v) is 79.9. The maximum absolute atomic E-state index is 6.10. The first kappa shape index (κ1) is 90.3. The summed E-state index contributed by atoms with van der Waals surface area (Å²) >= 11 is 12.0. The number of benzene rings is 15. The second-order valence-electron chi connectivity index (χ2n) is 33.7. The molecule has 0 amide bonds. The largest absolute Gasteiger partial charge is 0.497 e. The van der Waals surface area contributed by atoms with Gasteiger partial charge in [0.2, 0.25) is 0 Å². The summed E-state index contributed by atoms with van der Waals surface area (Å²) in [5.41, 5.74) is 29.9. The number of rotatable bonds is 16. The first-order chi connectivity index (χ1) is 63.3. The Labute approximate surface area is 795 Å². The third-order valence-electron chi connectivity index (χ3n) is 24.7. The van der Waals surface area contributed by atoms with Crippen molar-refractivity contribution in [1.29, 1.82) is 0 Å². The Bertz CT molecular complexity index is 6000. The van der Waals surface area contributed by atoms with Crippen molar-refractivity contribution < 1.29 is 4.74 Å². The maximum atomic E-state index is 6.10. The molecule has 20 rings (SSSR count). The van der Waals surface area contributed by atoms with E-state index in [4.69, 9.17) is 41.3 Å². The van der Waals surface area contributed by atoms with E-state index < -0.39 is 0 Å². The van der Waals surface area contributed by atoms with Crippen LogP contribution in [0.15, 0.2) is 430 Å². The number of hydrogen-bond donors (Lipinski definition) is 0. The maximum Gasteiger partial charge on any atom is 0.148 e. The molecular formula is C116H109BrClIN10O. The molecule has 5 heterocycles. The number of ether oxygens (including phenoxy) is 1. The van der Waals surface area contributed by atoms with Gasteiger partial charge in [0.05, 0.1) is 65.9 Å². The molecule has 0 bridgehead atoms. The van der Waals surface area contributed by atoms with Crippen LogP contribution in [0.4, 0.5) is 28.4 Å². The zero-order chi connectivity index (χ0) is 90.3. The summed E-state index contributed by atoms with van der Waals surface area (Å²) in [6, 6.07) is 141. The van der Waals surface area contributed by atoms with Crippen LogP contribution in [0.25, 0.3) is 0 Å².